The Kier molecular flexibility index (Phi) is 7.03. The first-order valence-corrected chi connectivity index (χ1v) is 10.7. The van der Waals surface area contributed by atoms with Crippen molar-refractivity contribution in [1.29, 1.82) is 0 Å². The molecule has 170 valence electrons. The standard InChI is InChI=1S/C23H32N2O6/c1-7-29-22(27)31-20-19(18-16(4)13-15(3)14-17(18)5)21(26)25(30-8-2)23(20)9-11-24(28-6)12-10-23/h13-14H,7-12H2,1-6H3. The first kappa shape index (κ1) is 23.2. The summed E-state index contributed by atoms with van der Waals surface area (Å²) in [5, 5.41) is 3.23. The highest BCUT2D eigenvalue weighted by Crippen LogP contribution is 2.48. The molecule has 1 spiro atoms. The van der Waals surface area contributed by atoms with Crippen molar-refractivity contribution in [1.82, 2.24) is 10.1 Å². The second-order valence-corrected chi connectivity index (χ2v) is 7.92. The van der Waals surface area contributed by atoms with Crippen molar-refractivity contribution in [3.05, 3.63) is 40.1 Å². The minimum Gasteiger partial charge on any atom is -0.434 e. The first-order valence-electron chi connectivity index (χ1n) is 10.7. The van der Waals surface area contributed by atoms with E-state index in [-0.39, 0.29) is 12.5 Å². The highest BCUT2D eigenvalue weighted by atomic mass is 16.7. The minimum absolute atomic E-state index is 0.178. The van der Waals surface area contributed by atoms with Gasteiger partial charge >= 0.3 is 6.16 Å². The van der Waals surface area contributed by atoms with Gasteiger partial charge in [0, 0.05) is 13.1 Å². The van der Waals surface area contributed by atoms with Gasteiger partial charge in [0.25, 0.3) is 5.91 Å². The van der Waals surface area contributed by atoms with E-state index in [9.17, 15) is 9.59 Å². The van der Waals surface area contributed by atoms with Crippen LogP contribution in [0.2, 0.25) is 0 Å². The molecule has 2 aliphatic rings. The van der Waals surface area contributed by atoms with Crippen molar-refractivity contribution in [2.45, 2.75) is 53.0 Å². The summed E-state index contributed by atoms with van der Waals surface area (Å²) < 4.78 is 10.9. The molecular formula is C23H32N2O6. The average Bonchev–Trinajstić information content (AvgIpc) is 2.91. The zero-order valence-electron chi connectivity index (χ0n) is 19.2. The highest BCUT2D eigenvalue weighted by molar-refractivity contribution is 6.23. The lowest BCUT2D eigenvalue weighted by Gasteiger charge is -2.43. The normalized spacial score (nSPS) is 18.8. The van der Waals surface area contributed by atoms with E-state index in [0.29, 0.717) is 43.9 Å². The zero-order valence-corrected chi connectivity index (χ0v) is 19.2. The smallest absolute Gasteiger partial charge is 0.434 e. The predicted molar refractivity (Wildman–Crippen MR) is 115 cm³/mol. The Morgan fingerprint density at radius 1 is 1.06 bits per heavy atom. The number of carbonyl (C=O) groups is 2. The van der Waals surface area contributed by atoms with Gasteiger partial charge in [0.15, 0.2) is 5.76 Å². The fraction of sp³-hybridized carbons (Fsp3) is 0.565. The molecule has 2 aliphatic heterocycles. The molecule has 0 radical (unpaired) electrons. The third-order valence-electron chi connectivity index (χ3n) is 5.88. The molecule has 0 aliphatic carbocycles. The van der Waals surface area contributed by atoms with Crippen LogP contribution in [0.3, 0.4) is 0 Å². The molecule has 0 N–H and O–H groups in total. The molecule has 0 bridgehead atoms. The van der Waals surface area contributed by atoms with Gasteiger partial charge in [0.05, 0.1) is 25.9 Å². The van der Waals surface area contributed by atoms with Gasteiger partial charge in [-0.15, -0.1) is 0 Å². The predicted octanol–water partition coefficient (Wildman–Crippen LogP) is 3.69. The summed E-state index contributed by atoms with van der Waals surface area (Å²) in [6, 6.07) is 4.04. The Balaban J connectivity index is 2.22. The molecule has 1 aromatic carbocycles. The van der Waals surface area contributed by atoms with Crippen LogP contribution in [0.5, 0.6) is 0 Å². The monoisotopic (exact) mass is 432 g/mol. The number of hydrogen-bond acceptors (Lipinski definition) is 7. The van der Waals surface area contributed by atoms with E-state index in [1.807, 2.05) is 44.9 Å². The Bertz CT molecular complexity index is 863. The van der Waals surface area contributed by atoms with Crippen LogP contribution in [-0.2, 0) is 23.9 Å². The van der Waals surface area contributed by atoms with Gasteiger partial charge < -0.3 is 14.3 Å². The Labute approximate surface area is 183 Å². The second-order valence-electron chi connectivity index (χ2n) is 7.92. The lowest BCUT2D eigenvalue weighted by Crippen LogP contribution is -2.55. The summed E-state index contributed by atoms with van der Waals surface area (Å²) >= 11 is 0. The van der Waals surface area contributed by atoms with E-state index in [0.717, 1.165) is 22.3 Å². The van der Waals surface area contributed by atoms with Gasteiger partial charge in [-0.05, 0) is 64.2 Å². The van der Waals surface area contributed by atoms with Crippen molar-refractivity contribution in [2.75, 3.05) is 33.4 Å². The van der Waals surface area contributed by atoms with E-state index in [4.69, 9.17) is 19.1 Å². The molecule has 1 saturated heterocycles. The summed E-state index contributed by atoms with van der Waals surface area (Å²) in [7, 11) is 1.62. The van der Waals surface area contributed by atoms with Gasteiger partial charge in [-0.2, -0.15) is 5.06 Å². The largest absolute Gasteiger partial charge is 0.513 e. The Morgan fingerprint density at radius 2 is 1.68 bits per heavy atom. The number of carbonyl (C=O) groups excluding carboxylic acids is 2. The first-order chi connectivity index (χ1) is 14.8. The number of piperidine rings is 1. The Hall–Kier alpha value is -2.42. The molecule has 1 fully saturated rings. The van der Waals surface area contributed by atoms with E-state index < -0.39 is 11.7 Å². The lowest BCUT2D eigenvalue weighted by molar-refractivity contribution is -0.231. The molecule has 0 aromatic heterocycles. The van der Waals surface area contributed by atoms with Crippen LogP contribution in [0.25, 0.3) is 5.57 Å². The number of ether oxygens (including phenoxy) is 2. The fourth-order valence-corrected chi connectivity index (χ4v) is 4.67. The van der Waals surface area contributed by atoms with E-state index in [1.165, 1.54) is 5.06 Å². The topological polar surface area (TPSA) is 77.5 Å². The lowest BCUT2D eigenvalue weighted by atomic mass is 9.84. The second kappa shape index (κ2) is 9.38. The van der Waals surface area contributed by atoms with Crippen molar-refractivity contribution in [2.24, 2.45) is 0 Å². The number of rotatable bonds is 6. The van der Waals surface area contributed by atoms with Crippen molar-refractivity contribution < 1.29 is 28.7 Å². The molecule has 2 heterocycles. The molecule has 8 nitrogen and oxygen atoms in total. The number of amides is 1. The van der Waals surface area contributed by atoms with Crippen LogP contribution in [0.4, 0.5) is 4.79 Å². The molecule has 3 rings (SSSR count). The summed E-state index contributed by atoms with van der Waals surface area (Å²) in [6.45, 7) is 11.1. The maximum atomic E-state index is 13.7. The van der Waals surface area contributed by atoms with Crippen LogP contribution in [0.15, 0.2) is 17.9 Å². The Morgan fingerprint density at radius 3 is 2.19 bits per heavy atom. The average molecular weight is 433 g/mol. The van der Waals surface area contributed by atoms with E-state index in [2.05, 4.69) is 0 Å². The van der Waals surface area contributed by atoms with Crippen LogP contribution < -0.4 is 0 Å². The number of benzene rings is 1. The third-order valence-corrected chi connectivity index (χ3v) is 5.88. The quantitative estimate of drug-likeness (QED) is 0.635. The summed E-state index contributed by atoms with van der Waals surface area (Å²) in [4.78, 5) is 37.4. The van der Waals surface area contributed by atoms with Gasteiger partial charge in [-0.3, -0.25) is 9.63 Å². The number of nitrogens with zero attached hydrogens (tertiary/aromatic N) is 2. The number of hydrogen-bond donors (Lipinski definition) is 0. The minimum atomic E-state index is -0.909. The maximum absolute atomic E-state index is 13.7. The number of hydroxylamine groups is 4. The van der Waals surface area contributed by atoms with Crippen molar-refractivity contribution in [3.63, 3.8) is 0 Å². The molecule has 1 amide bonds. The van der Waals surface area contributed by atoms with Gasteiger partial charge in [-0.25, -0.2) is 9.86 Å². The molecule has 8 heteroatoms. The van der Waals surface area contributed by atoms with Gasteiger partial charge in [-0.1, -0.05) is 17.7 Å². The molecule has 0 saturated carbocycles. The number of aryl methyl sites for hydroxylation is 3. The van der Waals surface area contributed by atoms with E-state index in [1.54, 1.807) is 14.0 Å². The summed E-state index contributed by atoms with van der Waals surface area (Å²) in [5.41, 5.74) is 3.20. The fourth-order valence-electron chi connectivity index (χ4n) is 4.67. The van der Waals surface area contributed by atoms with Crippen molar-refractivity contribution in [3.8, 4) is 0 Å². The molecule has 0 unspecified atom stereocenters. The molecular weight excluding hydrogens is 400 g/mol. The van der Waals surface area contributed by atoms with Crippen molar-refractivity contribution >= 4 is 17.6 Å². The van der Waals surface area contributed by atoms with Crippen LogP contribution in [0.1, 0.15) is 48.9 Å². The molecule has 1 aromatic rings. The summed E-state index contributed by atoms with van der Waals surface area (Å²) in [5.74, 6) is -0.00252. The highest BCUT2D eigenvalue weighted by Gasteiger charge is 2.57. The van der Waals surface area contributed by atoms with Gasteiger partial charge in [0.1, 0.15) is 5.54 Å². The zero-order chi connectivity index (χ0) is 22.8. The van der Waals surface area contributed by atoms with E-state index >= 15 is 0 Å². The van der Waals surface area contributed by atoms with Crippen LogP contribution in [-0.4, -0.2) is 61.1 Å². The van der Waals surface area contributed by atoms with Gasteiger partial charge in [0.2, 0.25) is 0 Å². The van der Waals surface area contributed by atoms with Crippen LogP contribution in [0, 0.1) is 20.8 Å². The SMILES string of the molecule is CCOC(=O)OC1=C(c2c(C)cc(C)cc2C)C(=O)N(OCC)C12CCN(OC)CC2. The maximum Gasteiger partial charge on any atom is 0.513 e. The van der Waals surface area contributed by atoms with Crippen LogP contribution >= 0.6 is 0 Å². The molecule has 0 atom stereocenters. The molecule has 31 heavy (non-hydrogen) atoms. The summed E-state index contributed by atoms with van der Waals surface area (Å²) in [6.07, 6.45) is 0.168. The third kappa shape index (κ3) is 4.20.